The van der Waals surface area contributed by atoms with E-state index in [0.717, 1.165) is 41.5 Å². The van der Waals surface area contributed by atoms with Crippen molar-refractivity contribution in [2.75, 3.05) is 72.7 Å². The summed E-state index contributed by atoms with van der Waals surface area (Å²) in [5.74, 6) is -10.9. The lowest BCUT2D eigenvalue weighted by Crippen LogP contribution is -2.71. The molecule has 9 rings (SSSR count). The van der Waals surface area contributed by atoms with Gasteiger partial charge in [0, 0.05) is 48.0 Å². The molecule has 780 valence electrons. The van der Waals surface area contributed by atoms with Gasteiger partial charge >= 0.3 is 5.97 Å². The third kappa shape index (κ3) is 26.3. The van der Waals surface area contributed by atoms with Crippen LogP contribution in [-0.4, -0.2) is 568 Å². The number of hydrogen-bond acceptors (Lipinski definition) is 53. The van der Waals surface area contributed by atoms with Crippen LogP contribution in [0, 0.1) is 0 Å². The summed E-state index contributed by atoms with van der Waals surface area (Å²) in [6.45, 7) is -7.69. The van der Waals surface area contributed by atoms with E-state index in [1.807, 2.05) is 0 Å². The number of aliphatic carboxylic acids is 1. The van der Waals surface area contributed by atoms with Crippen LogP contribution in [-0.2, 0) is 119 Å². The highest BCUT2D eigenvalue weighted by molar-refractivity contribution is 5.77. The minimum atomic E-state index is -3.13. The molecule has 9 aliphatic heterocycles. The third-order valence-electron chi connectivity index (χ3n) is 23.9. The van der Waals surface area contributed by atoms with E-state index in [1.165, 1.54) is 0 Å². The Labute approximate surface area is 764 Å². The van der Waals surface area contributed by atoms with Gasteiger partial charge in [0.2, 0.25) is 35.4 Å². The SMILES string of the molecule is CC(=O)N[C@H]1[C@H](O[C@@H]([C@H](O)[C@H](CO)NC(C)=O)[C@H](O)CO)O[C@H](CO)[C@@H](O[C@@H]2O[C@H](CO[C@H]3O[C@H](CO)[C@@H](O)[C@H](O)[C@@H]3O[C@@H]3O[C@H](CO)[C@@H](O[C@@H]4O[C@H](CO)[C@H](O)[C@H](O)[C@H]4O)[C@H](O)[C@H]3NC(C)=O)[C@@H](O)[C@H](O[C@H]3O[C@H](CO)[C@@H](O)[C@H](O)[C@@H]3O[C@@H]3O[C@H](CO)[C@@H](O[C@@H]4O[C@H](CO[C@]5(C(=O)O)C[C@H](O)[C@@H](NC(C)=O)[C@H]([C@H](O)[C@H](O)CO)O5)[C@H](O)[C@H](O)[C@H]4NC(C)=O)[C@H](O)[C@H]3NC(C)=O)[C@@H]2O)[C@@H]1O. The Hall–Kier alpha value is -5.55. The Morgan fingerprint density at radius 1 is 0.333 bits per heavy atom. The van der Waals surface area contributed by atoms with E-state index in [4.69, 9.17) is 85.3 Å². The summed E-state index contributed by atoms with van der Waals surface area (Å²) in [6, 6.07) is -11.5. The van der Waals surface area contributed by atoms with Gasteiger partial charge in [-0.3, -0.25) is 28.8 Å². The molecule has 135 heavy (non-hydrogen) atoms. The average molecular weight is 1980 g/mol. The number of carboxylic acids is 1. The molecule has 0 aliphatic carbocycles. The number of rotatable bonds is 41. The molecule has 0 bridgehead atoms. The maximum atomic E-state index is 13.4. The molecule has 0 aromatic rings. The zero-order valence-electron chi connectivity index (χ0n) is 73.0. The lowest BCUT2D eigenvalue weighted by Gasteiger charge is -2.51. The molecule has 0 aromatic carbocycles. The summed E-state index contributed by atoms with van der Waals surface area (Å²) in [5, 5.41) is 338. The summed E-state index contributed by atoms with van der Waals surface area (Å²) in [7, 11) is 0. The van der Waals surface area contributed by atoms with Crippen molar-refractivity contribution in [1.29, 1.82) is 0 Å². The fourth-order valence-electron chi connectivity index (χ4n) is 16.9. The summed E-state index contributed by atoms with van der Waals surface area (Å²) in [6.07, 6.45) is -96.4. The van der Waals surface area contributed by atoms with Crippen LogP contribution in [0.4, 0.5) is 0 Å². The van der Waals surface area contributed by atoms with Crippen LogP contribution in [0.5, 0.6) is 0 Å². The van der Waals surface area contributed by atoms with E-state index in [1.54, 1.807) is 0 Å². The largest absolute Gasteiger partial charge is 0.477 e. The van der Waals surface area contributed by atoms with Crippen LogP contribution in [0.1, 0.15) is 48.0 Å². The Kier molecular flexibility index (Phi) is 41.8. The lowest BCUT2D eigenvalue weighted by atomic mass is 9.88. The van der Waals surface area contributed by atoms with Gasteiger partial charge in [-0.25, -0.2) is 4.79 Å². The second kappa shape index (κ2) is 49.9. The van der Waals surface area contributed by atoms with Gasteiger partial charge in [-0.2, -0.15) is 0 Å². The highest BCUT2D eigenvalue weighted by Crippen LogP contribution is 2.42. The Morgan fingerprint density at radius 3 is 1.11 bits per heavy atom. The van der Waals surface area contributed by atoms with E-state index >= 15 is 0 Å². The molecule has 0 spiro atoms. The number of aliphatic hydroxyl groups excluding tert-OH is 28. The number of aliphatic hydroxyl groups is 28. The van der Waals surface area contributed by atoms with Crippen molar-refractivity contribution in [2.45, 2.75) is 354 Å². The molecule has 60 heteroatoms. The van der Waals surface area contributed by atoms with Crippen molar-refractivity contribution >= 4 is 41.4 Å². The number of carboxylic acid groups (broad SMARTS) is 1. The number of ether oxygens (including phenoxy) is 18. The summed E-state index contributed by atoms with van der Waals surface area (Å²) >= 11 is 0. The molecule has 9 aliphatic rings. The Balaban J connectivity index is 1.06. The fourth-order valence-corrected chi connectivity index (χ4v) is 16.9. The van der Waals surface area contributed by atoms with Crippen LogP contribution in [0.15, 0.2) is 0 Å². The number of nitrogens with one attached hydrogen (secondary N) is 6. The molecule has 9 heterocycles. The summed E-state index contributed by atoms with van der Waals surface area (Å²) < 4.78 is 108. The van der Waals surface area contributed by atoms with Gasteiger partial charge in [0.25, 0.3) is 5.79 Å². The Morgan fingerprint density at radius 2 is 0.681 bits per heavy atom. The van der Waals surface area contributed by atoms with E-state index in [9.17, 15) is 182 Å². The van der Waals surface area contributed by atoms with E-state index in [-0.39, 0.29) is 0 Å². The predicted octanol–water partition coefficient (Wildman–Crippen LogP) is -23.1. The van der Waals surface area contributed by atoms with Crippen molar-refractivity contribution in [3.05, 3.63) is 0 Å². The van der Waals surface area contributed by atoms with Crippen LogP contribution in [0.2, 0.25) is 0 Å². The molecule has 0 saturated carbocycles. The van der Waals surface area contributed by atoms with Crippen molar-refractivity contribution in [2.24, 2.45) is 0 Å². The first-order valence-electron chi connectivity index (χ1n) is 42.7. The zero-order chi connectivity index (χ0) is 100. The van der Waals surface area contributed by atoms with E-state index in [0.29, 0.717) is 0 Å². The second-order valence-corrected chi connectivity index (χ2v) is 33.7. The first-order chi connectivity index (χ1) is 63.6. The monoisotopic (exact) mass is 1970 g/mol. The molecule has 6 amide bonds. The van der Waals surface area contributed by atoms with Crippen molar-refractivity contribution in [1.82, 2.24) is 31.9 Å². The molecular weight excluding hydrogens is 1850 g/mol. The van der Waals surface area contributed by atoms with Gasteiger partial charge in [0.05, 0.1) is 90.9 Å². The zero-order valence-corrected chi connectivity index (χ0v) is 73.0. The van der Waals surface area contributed by atoms with Gasteiger partial charge in [-0.1, -0.05) is 0 Å². The standard InChI is InChI=1S/C75H126N6O54/c1-19(91)76-25(8-82)42(100)58(28(99)10-84)128-67-39(79-22(4)94)51(109)61(34(16-90)123-67)131-71-57(115)63(48(106)35(127-71)17-118-72-64(54(112)45(103)30(12-86)121-72)133-68-41(81-24(6)96)52(110)60(33(15-89)125-68)130-70-56(114)53(111)44(102)29(11-85)120-70)132-73-65(55(113)46(104)31(13-87)122-73)134-69-40(80-23(5)95)50(108)59(32(14-88)124-69)129-66-38(78-21(3)93)49(107)47(105)36(126-66)18-119-75(74(116)117)7-26(97)37(77-20(2)92)62(135-75)43(101)27(98)9-83/h25-73,82-90,97-115H,7-18H2,1-6H3,(H,76,91)(H,77,92)(H,78,93)(H,79,94)(H,80,95)(H,81,96)(H,116,117)/t25-,26-,27+,28+,29+,30+,31+,32+,33+,34+,35+,36+,37+,38+,39+,40+,41+,42+,43+,44-,45+,46+,47-,48+,49+,50+,51+,52+,53-,54-,55-,56+,57-,58+,59+,60+,61+,62+,63-,64-,65-,66-,67-,68-,69-,70-,71-,72-,73+,75+/m0/s1. The number of hydrogen-bond donors (Lipinski definition) is 35. The molecule has 0 radical (unpaired) electrons. The normalized spacial score (nSPS) is 43.9. The number of carbonyl (C=O) groups excluding carboxylic acids is 6. The molecule has 9 fully saturated rings. The Bertz CT molecular complexity index is 3760. The van der Waals surface area contributed by atoms with Crippen molar-refractivity contribution in [3.8, 4) is 0 Å². The van der Waals surface area contributed by atoms with Gasteiger partial charge < -0.3 is 265 Å². The van der Waals surface area contributed by atoms with Crippen LogP contribution < -0.4 is 31.9 Å². The molecule has 50 atom stereocenters. The highest BCUT2D eigenvalue weighted by atomic mass is 16.8. The highest BCUT2D eigenvalue weighted by Gasteiger charge is 2.63. The smallest absolute Gasteiger partial charge is 0.364 e. The van der Waals surface area contributed by atoms with E-state index in [2.05, 4.69) is 31.9 Å². The van der Waals surface area contributed by atoms with Gasteiger partial charge in [0.15, 0.2) is 50.3 Å². The molecular formula is C75H126N6O54. The first-order valence-corrected chi connectivity index (χ1v) is 42.7. The quantitative estimate of drug-likeness (QED) is 0.0270. The molecule has 0 aromatic heterocycles. The van der Waals surface area contributed by atoms with Crippen LogP contribution >= 0.6 is 0 Å². The van der Waals surface area contributed by atoms with Gasteiger partial charge in [-0.15, -0.1) is 0 Å². The molecule has 35 N–H and O–H groups in total. The van der Waals surface area contributed by atoms with Gasteiger partial charge in [0.1, 0.15) is 232 Å². The fraction of sp³-hybridized carbons (Fsp3) is 0.907. The van der Waals surface area contributed by atoms with Crippen LogP contribution in [0.3, 0.4) is 0 Å². The predicted molar refractivity (Wildman–Crippen MR) is 419 cm³/mol. The minimum absolute atomic E-state index is 0.843. The minimum Gasteiger partial charge on any atom is -0.477 e. The molecule has 60 nitrogen and oxygen atoms in total. The van der Waals surface area contributed by atoms with Crippen molar-refractivity contribution in [3.63, 3.8) is 0 Å². The molecule has 0 unspecified atom stereocenters. The average Bonchev–Trinajstić information content (AvgIpc) is 0.764. The van der Waals surface area contributed by atoms with Crippen LogP contribution in [0.25, 0.3) is 0 Å². The van der Waals surface area contributed by atoms with E-state index < -0.39 is 427 Å². The topological polar surface area (TPSA) is 944 Å². The summed E-state index contributed by atoms with van der Waals surface area (Å²) in [4.78, 5) is 89.8. The number of amides is 6. The second-order valence-electron chi connectivity index (χ2n) is 33.7. The third-order valence-corrected chi connectivity index (χ3v) is 23.9. The number of carbonyl (C=O) groups is 7. The summed E-state index contributed by atoms with van der Waals surface area (Å²) in [5.41, 5.74) is 0. The maximum absolute atomic E-state index is 13.4. The molecule has 9 saturated heterocycles. The van der Waals surface area contributed by atoms with Crippen molar-refractivity contribution < 1.29 is 267 Å². The lowest BCUT2D eigenvalue weighted by molar-refractivity contribution is -0.398. The van der Waals surface area contributed by atoms with Gasteiger partial charge in [-0.05, 0) is 0 Å². The first kappa shape index (κ1) is 113. The maximum Gasteiger partial charge on any atom is 0.364 e.